The first-order chi connectivity index (χ1) is 14.5. The second-order valence-electron chi connectivity index (χ2n) is 6.43. The molecule has 4 aromatic rings. The van der Waals surface area contributed by atoms with Crippen molar-refractivity contribution in [2.75, 3.05) is 12.4 Å². The first-order valence-corrected chi connectivity index (χ1v) is 9.99. The summed E-state index contributed by atoms with van der Waals surface area (Å²) >= 11 is 1.32. The highest BCUT2D eigenvalue weighted by molar-refractivity contribution is 8.00. The van der Waals surface area contributed by atoms with Crippen LogP contribution in [0.5, 0.6) is 5.75 Å². The zero-order valence-electron chi connectivity index (χ0n) is 16.2. The summed E-state index contributed by atoms with van der Waals surface area (Å²) in [6.07, 6.45) is 3.08. The largest absolute Gasteiger partial charge is 0.497 e. The van der Waals surface area contributed by atoms with Crippen molar-refractivity contribution in [2.45, 2.75) is 17.2 Å². The molecule has 2 aromatic carbocycles. The van der Waals surface area contributed by atoms with Crippen LogP contribution in [0.25, 0.3) is 16.7 Å². The van der Waals surface area contributed by atoms with Crippen molar-refractivity contribution in [2.24, 2.45) is 0 Å². The van der Waals surface area contributed by atoms with Gasteiger partial charge in [0.1, 0.15) is 22.9 Å². The molecule has 0 aliphatic carbocycles. The van der Waals surface area contributed by atoms with Gasteiger partial charge >= 0.3 is 0 Å². The van der Waals surface area contributed by atoms with E-state index in [0.717, 1.165) is 11.1 Å². The van der Waals surface area contributed by atoms with Gasteiger partial charge in [-0.25, -0.2) is 19.0 Å². The molecule has 7 nitrogen and oxygen atoms in total. The number of benzene rings is 2. The zero-order chi connectivity index (χ0) is 21.1. The highest BCUT2D eigenvalue weighted by Crippen LogP contribution is 2.29. The molecule has 0 radical (unpaired) electrons. The van der Waals surface area contributed by atoms with Crippen LogP contribution in [0.15, 0.2) is 66.1 Å². The van der Waals surface area contributed by atoms with Gasteiger partial charge in [0, 0.05) is 5.69 Å². The summed E-state index contributed by atoms with van der Waals surface area (Å²) in [6, 6.07) is 13.1. The van der Waals surface area contributed by atoms with Crippen molar-refractivity contribution in [3.63, 3.8) is 0 Å². The van der Waals surface area contributed by atoms with E-state index in [2.05, 4.69) is 20.4 Å². The Morgan fingerprint density at radius 2 is 1.87 bits per heavy atom. The molecule has 1 amide bonds. The lowest BCUT2D eigenvalue weighted by molar-refractivity contribution is -0.115. The molecule has 30 heavy (non-hydrogen) atoms. The molecule has 0 saturated heterocycles. The van der Waals surface area contributed by atoms with Gasteiger partial charge in [-0.15, -0.1) is 0 Å². The van der Waals surface area contributed by atoms with Crippen LogP contribution in [0.1, 0.15) is 6.92 Å². The molecule has 9 heteroatoms. The Hall–Kier alpha value is -3.46. The lowest BCUT2D eigenvalue weighted by Gasteiger charge is -2.12. The summed E-state index contributed by atoms with van der Waals surface area (Å²) in [4.78, 5) is 21.2. The number of ether oxygens (including phenoxy) is 1. The van der Waals surface area contributed by atoms with Crippen molar-refractivity contribution >= 4 is 34.4 Å². The van der Waals surface area contributed by atoms with Gasteiger partial charge in [-0.3, -0.25) is 4.79 Å². The van der Waals surface area contributed by atoms with Crippen molar-refractivity contribution < 1.29 is 13.9 Å². The van der Waals surface area contributed by atoms with E-state index >= 15 is 0 Å². The van der Waals surface area contributed by atoms with E-state index in [4.69, 9.17) is 4.74 Å². The second kappa shape index (κ2) is 8.50. The molecular weight excluding hydrogens is 405 g/mol. The number of hydrogen-bond acceptors (Lipinski definition) is 6. The van der Waals surface area contributed by atoms with Crippen LogP contribution in [0.2, 0.25) is 0 Å². The molecule has 1 atom stereocenters. The number of methoxy groups -OCH3 is 1. The molecule has 2 heterocycles. The average Bonchev–Trinajstić information content (AvgIpc) is 3.20. The Balaban J connectivity index is 1.53. The van der Waals surface area contributed by atoms with Crippen molar-refractivity contribution in [3.8, 4) is 11.4 Å². The molecule has 0 bridgehead atoms. The Labute approximate surface area is 176 Å². The van der Waals surface area contributed by atoms with Crippen LogP contribution < -0.4 is 10.1 Å². The lowest BCUT2D eigenvalue weighted by atomic mass is 10.3. The predicted molar refractivity (Wildman–Crippen MR) is 114 cm³/mol. The molecule has 4 rings (SSSR count). The summed E-state index contributed by atoms with van der Waals surface area (Å²) in [6.45, 7) is 1.81. The van der Waals surface area contributed by atoms with Gasteiger partial charge in [0.25, 0.3) is 0 Å². The number of nitrogens with zero attached hydrogens (tertiary/aromatic N) is 4. The average molecular weight is 423 g/mol. The number of fused-ring (bicyclic) bond motifs is 1. The zero-order valence-corrected chi connectivity index (χ0v) is 17.1. The van der Waals surface area contributed by atoms with Crippen LogP contribution in [0, 0.1) is 5.82 Å². The van der Waals surface area contributed by atoms with E-state index in [9.17, 15) is 9.18 Å². The van der Waals surface area contributed by atoms with Crippen LogP contribution >= 0.6 is 11.8 Å². The minimum Gasteiger partial charge on any atom is -0.497 e. The molecule has 1 N–H and O–H groups in total. The standard InChI is InChI=1S/C21H18FN5O2S/c1-13(20(28)26-15-5-9-17(29-2)10-6-15)30-21-18-11-25-27(19(18)23-12-24-21)16-7-3-14(22)4-8-16/h3-13H,1-2H3,(H,26,28). The van der Waals surface area contributed by atoms with E-state index in [1.165, 1.54) is 30.2 Å². The van der Waals surface area contributed by atoms with Gasteiger partial charge in [-0.2, -0.15) is 5.10 Å². The van der Waals surface area contributed by atoms with Crippen molar-refractivity contribution in [1.82, 2.24) is 19.7 Å². The van der Waals surface area contributed by atoms with Crippen LogP contribution in [0.4, 0.5) is 10.1 Å². The van der Waals surface area contributed by atoms with Gasteiger partial charge in [-0.05, 0) is 55.5 Å². The third kappa shape index (κ3) is 4.11. The first kappa shape index (κ1) is 19.8. The summed E-state index contributed by atoms with van der Waals surface area (Å²) < 4.78 is 20.0. The number of aromatic nitrogens is 4. The quantitative estimate of drug-likeness (QED) is 0.372. The molecule has 2 aromatic heterocycles. The molecule has 1 unspecified atom stereocenters. The number of halogens is 1. The number of carbonyl (C=O) groups is 1. The number of nitrogens with one attached hydrogen (secondary N) is 1. The fraction of sp³-hybridized carbons (Fsp3) is 0.143. The number of rotatable bonds is 6. The topological polar surface area (TPSA) is 81.9 Å². The molecule has 0 fully saturated rings. The maximum atomic E-state index is 13.2. The minimum atomic E-state index is -0.403. The van der Waals surface area contributed by atoms with E-state index in [-0.39, 0.29) is 11.7 Å². The van der Waals surface area contributed by atoms with Crippen molar-refractivity contribution in [3.05, 3.63) is 66.9 Å². The number of amides is 1. The van der Waals surface area contributed by atoms with Gasteiger partial charge in [0.2, 0.25) is 5.91 Å². The number of carbonyl (C=O) groups excluding carboxylic acids is 1. The Bertz CT molecular complexity index is 1180. The lowest BCUT2D eigenvalue weighted by Crippen LogP contribution is -2.22. The number of hydrogen-bond donors (Lipinski definition) is 1. The Kier molecular flexibility index (Phi) is 5.62. The highest BCUT2D eigenvalue weighted by atomic mass is 32.2. The molecule has 0 aliphatic heterocycles. The van der Waals surface area contributed by atoms with Crippen LogP contribution in [-0.4, -0.2) is 38.0 Å². The van der Waals surface area contributed by atoms with Crippen LogP contribution in [-0.2, 0) is 4.79 Å². The normalized spacial score (nSPS) is 12.0. The van der Waals surface area contributed by atoms with E-state index in [0.29, 0.717) is 22.0 Å². The summed E-state index contributed by atoms with van der Waals surface area (Å²) in [7, 11) is 1.59. The van der Waals surface area contributed by atoms with Gasteiger partial charge in [0.15, 0.2) is 5.65 Å². The summed E-state index contributed by atoms with van der Waals surface area (Å²) in [5.74, 6) is 0.248. The first-order valence-electron chi connectivity index (χ1n) is 9.11. The number of thioether (sulfide) groups is 1. The predicted octanol–water partition coefficient (Wildman–Crippen LogP) is 4.08. The second-order valence-corrected chi connectivity index (χ2v) is 7.76. The maximum Gasteiger partial charge on any atom is 0.237 e. The maximum absolute atomic E-state index is 13.2. The van der Waals surface area contributed by atoms with Gasteiger partial charge in [-0.1, -0.05) is 11.8 Å². The third-order valence-electron chi connectivity index (χ3n) is 4.42. The van der Waals surface area contributed by atoms with E-state index in [1.54, 1.807) is 54.4 Å². The molecule has 152 valence electrons. The molecular formula is C21H18FN5O2S. The third-order valence-corrected chi connectivity index (χ3v) is 5.53. The SMILES string of the molecule is COc1ccc(NC(=O)C(C)Sc2ncnc3c2cnn3-c2ccc(F)cc2)cc1. The van der Waals surface area contributed by atoms with E-state index in [1.807, 2.05) is 6.92 Å². The van der Waals surface area contributed by atoms with E-state index < -0.39 is 5.25 Å². The fourth-order valence-electron chi connectivity index (χ4n) is 2.83. The summed E-state index contributed by atoms with van der Waals surface area (Å²) in [5, 5.41) is 8.20. The molecule has 0 saturated carbocycles. The van der Waals surface area contributed by atoms with Crippen LogP contribution in [0.3, 0.4) is 0 Å². The number of anilines is 1. The Morgan fingerprint density at radius 1 is 1.13 bits per heavy atom. The molecule has 0 aliphatic rings. The minimum absolute atomic E-state index is 0.150. The highest BCUT2D eigenvalue weighted by Gasteiger charge is 2.19. The van der Waals surface area contributed by atoms with Crippen molar-refractivity contribution in [1.29, 1.82) is 0 Å². The fourth-order valence-corrected chi connectivity index (χ4v) is 3.71. The monoisotopic (exact) mass is 423 g/mol. The van der Waals surface area contributed by atoms with Gasteiger partial charge in [0.05, 0.1) is 29.6 Å². The summed E-state index contributed by atoms with van der Waals surface area (Å²) in [5.41, 5.74) is 1.96. The van der Waals surface area contributed by atoms with Gasteiger partial charge < -0.3 is 10.1 Å². The smallest absolute Gasteiger partial charge is 0.237 e. The Morgan fingerprint density at radius 3 is 2.57 bits per heavy atom. The molecule has 0 spiro atoms.